The molecule has 0 fully saturated rings. The number of nitrogens with one attached hydrogen (secondary N) is 1. The van der Waals surface area contributed by atoms with Gasteiger partial charge >= 0.3 is 12.1 Å². The first kappa shape index (κ1) is 19.2. The molecule has 1 aromatic rings. The highest BCUT2D eigenvalue weighted by atomic mass is 35.5. The molecule has 1 aromatic carbocycles. The summed E-state index contributed by atoms with van der Waals surface area (Å²) in [4.78, 5) is 23.0. The number of rotatable bonds is 6. The quantitative estimate of drug-likeness (QED) is 0.824. The Morgan fingerprint density at radius 3 is 2.39 bits per heavy atom. The molecular formula is C14H15ClF3NO4. The number of hydrogen-bond acceptors (Lipinski definition) is 3. The molecule has 1 rings (SSSR count). The fourth-order valence-corrected chi connectivity index (χ4v) is 2.25. The number of carbonyl (C=O) groups excluding carboxylic acids is 1. The summed E-state index contributed by atoms with van der Waals surface area (Å²) < 4.78 is 43.1. The number of methoxy groups -OCH3 is 1. The van der Waals surface area contributed by atoms with Crippen molar-refractivity contribution in [2.45, 2.75) is 25.1 Å². The molecule has 2 N–H and O–H groups in total. The monoisotopic (exact) mass is 353 g/mol. The van der Waals surface area contributed by atoms with Crippen LogP contribution in [0.1, 0.15) is 29.3 Å². The lowest BCUT2D eigenvalue weighted by atomic mass is 9.98. The second-order valence-corrected chi connectivity index (χ2v) is 5.68. The summed E-state index contributed by atoms with van der Waals surface area (Å²) >= 11 is 5.62. The topological polar surface area (TPSA) is 75.6 Å². The van der Waals surface area contributed by atoms with Crippen molar-refractivity contribution in [3.63, 3.8) is 0 Å². The first-order valence-corrected chi connectivity index (χ1v) is 6.76. The number of halogens is 4. The van der Waals surface area contributed by atoms with Crippen LogP contribution in [0, 0.1) is 0 Å². The van der Waals surface area contributed by atoms with E-state index in [1.165, 1.54) is 14.0 Å². The van der Waals surface area contributed by atoms with Crippen LogP contribution in [0.5, 0.6) is 0 Å². The zero-order valence-electron chi connectivity index (χ0n) is 12.3. The number of hydrogen-bond donors (Lipinski definition) is 2. The molecule has 0 aliphatic carbocycles. The fraction of sp³-hybridized carbons (Fsp3) is 0.429. The standard InChI is InChI=1S/C14H15ClF3NO4/c1-13(7-23-2,6-11(20)21)19-12(22)8-3-9(14(16,17)18)5-10(15)4-8/h3-5H,6-7H2,1-2H3,(H,19,22)(H,20,21). The van der Waals surface area contributed by atoms with Gasteiger partial charge in [-0.15, -0.1) is 0 Å². The van der Waals surface area contributed by atoms with Crippen LogP contribution in [-0.2, 0) is 15.7 Å². The van der Waals surface area contributed by atoms with Gasteiger partial charge in [-0.3, -0.25) is 9.59 Å². The van der Waals surface area contributed by atoms with Gasteiger partial charge in [-0.05, 0) is 25.1 Å². The lowest BCUT2D eigenvalue weighted by molar-refractivity contribution is -0.139. The van der Waals surface area contributed by atoms with Crippen molar-refractivity contribution in [1.29, 1.82) is 0 Å². The minimum Gasteiger partial charge on any atom is -0.481 e. The van der Waals surface area contributed by atoms with Crippen LogP contribution in [0.15, 0.2) is 18.2 Å². The maximum Gasteiger partial charge on any atom is 0.416 e. The summed E-state index contributed by atoms with van der Waals surface area (Å²) in [5.74, 6) is -2.06. The summed E-state index contributed by atoms with van der Waals surface area (Å²) in [5.41, 5.74) is -2.67. The minimum absolute atomic E-state index is 0.127. The molecule has 1 atom stereocenters. The first-order chi connectivity index (χ1) is 10.5. The van der Waals surface area contributed by atoms with Gasteiger partial charge in [-0.2, -0.15) is 13.2 Å². The lowest BCUT2D eigenvalue weighted by Crippen LogP contribution is -2.50. The van der Waals surface area contributed by atoms with Crippen molar-refractivity contribution in [1.82, 2.24) is 5.32 Å². The van der Waals surface area contributed by atoms with Gasteiger partial charge in [0.2, 0.25) is 0 Å². The average Bonchev–Trinajstić information content (AvgIpc) is 2.35. The van der Waals surface area contributed by atoms with E-state index in [4.69, 9.17) is 21.4 Å². The second kappa shape index (κ2) is 7.18. The maximum absolute atomic E-state index is 12.8. The van der Waals surface area contributed by atoms with Gasteiger partial charge in [0.25, 0.3) is 5.91 Å². The van der Waals surface area contributed by atoms with E-state index in [0.717, 1.165) is 6.07 Å². The van der Waals surface area contributed by atoms with Gasteiger partial charge < -0.3 is 15.2 Å². The van der Waals surface area contributed by atoms with E-state index < -0.39 is 35.6 Å². The average molecular weight is 354 g/mol. The number of carboxylic acid groups (broad SMARTS) is 1. The summed E-state index contributed by atoms with van der Waals surface area (Å²) in [6.45, 7) is 1.29. The van der Waals surface area contributed by atoms with Gasteiger partial charge in [-0.1, -0.05) is 11.6 Å². The Hall–Kier alpha value is -1.80. The number of alkyl halides is 3. The third-order valence-electron chi connectivity index (χ3n) is 2.91. The molecular weight excluding hydrogens is 339 g/mol. The Bertz CT molecular complexity index is 606. The van der Waals surface area contributed by atoms with Crippen LogP contribution in [0.2, 0.25) is 5.02 Å². The van der Waals surface area contributed by atoms with Gasteiger partial charge in [0.15, 0.2) is 0 Å². The number of carbonyl (C=O) groups is 2. The zero-order chi connectivity index (χ0) is 17.8. The molecule has 0 saturated carbocycles. The summed E-state index contributed by atoms with van der Waals surface area (Å²) in [6.07, 6.45) is -5.11. The zero-order valence-corrected chi connectivity index (χ0v) is 13.1. The smallest absolute Gasteiger partial charge is 0.416 e. The summed E-state index contributed by atoms with van der Waals surface area (Å²) in [5, 5.41) is 11.0. The highest BCUT2D eigenvalue weighted by Gasteiger charge is 2.33. The van der Waals surface area contributed by atoms with E-state index in [9.17, 15) is 22.8 Å². The van der Waals surface area contributed by atoms with Gasteiger partial charge in [0.1, 0.15) is 0 Å². The first-order valence-electron chi connectivity index (χ1n) is 6.38. The normalized spacial score (nSPS) is 14.2. The van der Waals surface area contributed by atoms with Crippen molar-refractivity contribution >= 4 is 23.5 Å². The number of aliphatic carboxylic acids is 1. The predicted octanol–water partition coefficient (Wildman–Crippen LogP) is 2.97. The number of ether oxygens (including phenoxy) is 1. The van der Waals surface area contributed by atoms with E-state index in [1.807, 2.05) is 0 Å². The second-order valence-electron chi connectivity index (χ2n) is 5.24. The third-order valence-corrected chi connectivity index (χ3v) is 3.13. The van der Waals surface area contributed by atoms with Crippen LogP contribution in [0.3, 0.4) is 0 Å². The van der Waals surface area contributed by atoms with Crippen molar-refractivity contribution in [3.8, 4) is 0 Å². The van der Waals surface area contributed by atoms with Gasteiger partial charge in [-0.25, -0.2) is 0 Å². The summed E-state index contributed by atoms with van der Waals surface area (Å²) in [7, 11) is 1.31. The van der Waals surface area contributed by atoms with Crippen molar-refractivity contribution in [3.05, 3.63) is 34.3 Å². The molecule has 0 aromatic heterocycles. The SMILES string of the molecule is COCC(C)(CC(=O)O)NC(=O)c1cc(Cl)cc(C(F)(F)F)c1. The van der Waals surface area contributed by atoms with E-state index >= 15 is 0 Å². The summed E-state index contributed by atoms with van der Waals surface area (Å²) in [6, 6.07) is 2.42. The molecule has 0 saturated heterocycles. The highest BCUT2D eigenvalue weighted by molar-refractivity contribution is 6.31. The highest BCUT2D eigenvalue weighted by Crippen LogP contribution is 2.32. The van der Waals surface area contributed by atoms with Gasteiger partial charge in [0, 0.05) is 17.7 Å². The van der Waals surface area contributed by atoms with E-state index in [-0.39, 0.29) is 17.2 Å². The van der Waals surface area contributed by atoms with Crippen LogP contribution in [0.25, 0.3) is 0 Å². The van der Waals surface area contributed by atoms with Crippen molar-refractivity contribution in [2.24, 2.45) is 0 Å². The molecule has 0 spiro atoms. The molecule has 1 amide bonds. The van der Waals surface area contributed by atoms with Crippen molar-refractivity contribution < 1.29 is 32.6 Å². The number of amides is 1. The van der Waals surface area contributed by atoms with E-state index in [0.29, 0.717) is 12.1 Å². The number of benzene rings is 1. The molecule has 23 heavy (non-hydrogen) atoms. The fourth-order valence-electron chi connectivity index (χ4n) is 2.01. The molecule has 0 radical (unpaired) electrons. The van der Waals surface area contributed by atoms with Crippen LogP contribution < -0.4 is 5.32 Å². The van der Waals surface area contributed by atoms with E-state index in [1.54, 1.807) is 0 Å². The third kappa shape index (κ3) is 5.72. The molecule has 0 aliphatic heterocycles. The molecule has 0 heterocycles. The van der Waals surface area contributed by atoms with Crippen molar-refractivity contribution in [2.75, 3.05) is 13.7 Å². The van der Waals surface area contributed by atoms with Crippen LogP contribution in [0.4, 0.5) is 13.2 Å². The Labute approximate surface area is 135 Å². The van der Waals surface area contributed by atoms with Crippen LogP contribution >= 0.6 is 11.6 Å². The Balaban J connectivity index is 3.09. The Morgan fingerprint density at radius 1 is 1.30 bits per heavy atom. The minimum atomic E-state index is -4.66. The molecule has 0 bridgehead atoms. The molecule has 128 valence electrons. The predicted molar refractivity (Wildman–Crippen MR) is 76.5 cm³/mol. The Morgan fingerprint density at radius 2 is 1.91 bits per heavy atom. The van der Waals surface area contributed by atoms with E-state index in [2.05, 4.69) is 5.32 Å². The molecule has 5 nitrogen and oxygen atoms in total. The molecule has 1 unspecified atom stereocenters. The molecule has 0 aliphatic rings. The van der Waals surface area contributed by atoms with Gasteiger partial charge in [0.05, 0.1) is 24.1 Å². The van der Waals surface area contributed by atoms with Crippen LogP contribution in [-0.4, -0.2) is 36.2 Å². The number of carboxylic acids is 1. The molecule has 9 heteroatoms. The lowest BCUT2D eigenvalue weighted by Gasteiger charge is -2.28. The largest absolute Gasteiger partial charge is 0.481 e. The maximum atomic E-state index is 12.8. The Kier molecular flexibility index (Phi) is 6.01.